The number of hydrogen-bond donors (Lipinski definition) is 3. The van der Waals surface area contributed by atoms with Gasteiger partial charge in [-0.1, -0.05) is 60.7 Å². The van der Waals surface area contributed by atoms with Crippen LogP contribution >= 0.6 is 12.4 Å². The summed E-state index contributed by atoms with van der Waals surface area (Å²) in [5.74, 6) is -0.00891. The van der Waals surface area contributed by atoms with Crippen molar-refractivity contribution in [1.82, 2.24) is 14.5 Å². The zero-order chi connectivity index (χ0) is 25.9. The Balaban J connectivity index is 0.00000336. The number of nitrogen functional groups attached to an aromatic ring is 1. The van der Waals surface area contributed by atoms with Crippen molar-refractivity contribution in [3.05, 3.63) is 96.2 Å². The number of carboxylic acid groups (broad SMARTS) is 1. The van der Waals surface area contributed by atoms with E-state index in [4.69, 9.17) is 21.3 Å². The van der Waals surface area contributed by atoms with Crippen molar-refractivity contribution in [2.45, 2.75) is 19.0 Å². The van der Waals surface area contributed by atoms with Crippen LogP contribution in [0.1, 0.15) is 11.1 Å². The molecule has 5 N–H and O–H groups in total. The van der Waals surface area contributed by atoms with E-state index in [2.05, 4.69) is 44.9 Å². The van der Waals surface area contributed by atoms with Gasteiger partial charge in [0, 0.05) is 23.7 Å². The van der Waals surface area contributed by atoms with E-state index in [9.17, 15) is 4.79 Å². The summed E-state index contributed by atoms with van der Waals surface area (Å²) in [5.41, 5.74) is 18.3. The van der Waals surface area contributed by atoms with E-state index >= 15 is 0 Å². The van der Waals surface area contributed by atoms with E-state index in [1.165, 1.54) is 0 Å². The largest absolute Gasteiger partial charge is 0.497 e. The van der Waals surface area contributed by atoms with Crippen LogP contribution in [0, 0.1) is 0 Å². The Hall–Kier alpha value is -4.40. The molecule has 8 nitrogen and oxygen atoms in total. The number of aromatic nitrogens is 3. The zero-order valence-electron chi connectivity index (χ0n) is 20.7. The fourth-order valence-electron chi connectivity index (χ4n) is 4.37. The highest BCUT2D eigenvalue weighted by atomic mass is 35.5. The molecule has 5 rings (SSSR count). The highest BCUT2D eigenvalue weighted by Crippen LogP contribution is 2.29. The molecule has 0 unspecified atom stereocenters. The van der Waals surface area contributed by atoms with Crippen molar-refractivity contribution in [1.29, 1.82) is 0 Å². The second-order valence-corrected chi connectivity index (χ2v) is 8.89. The van der Waals surface area contributed by atoms with Gasteiger partial charge in [-0.25, -0.2) is 4.98 Å². The summed E-state index contributed by atoms with van der Waals surface area (Å²) in [7, 11) is 1.67. The van der Waals surface area contributed by atoms with E-state index in [0.717, 1.165) is 50.3 Å². The van der Waals surface area contributed by atoms with E-state index in [-0.39, 0.29) is 24.8 Å². The molecule has 0 bridgehead atoms. The maximum absolute atomic E-state index is 11.1. The van der Waals surface area contributed by atoms with Crippen LogP contribution in [0.3, 0.4) is 0 Å². The standard InChI is InChI=1S/C29H27N5O3.ClH/c1-37-23-4-2-3-22(16-23)20-9-7-19(8-10-20)17-34-14-13-24-26(32-29(31)33-27(24)34)21-11-5-18(6-12-21)15-25(30)28(35)36;/h2-14,16,25H,15,17,30H2,1H3,(H,35,36)(H2,31,32,33);1H/t25-;/m0./s1. The van der Waals surface area contributed by atoms with Crippen molar-refractivity contribution in [3.8, 4) is 28.1 Å². The summed E-state index contributed by atoms with van der Waals surface area (Å²) in [5, 5.41) is 9.94. The molecule has 0 aliphatic rings. The second-order valence-electron chi connectivity index (χ2n) is 8.89. The summed E-state index contributed by atoms with van der Waals surface area (Å²) in [4.78, 5) is 20.1. The fourth-order valence-corrected chi connectivity index (χ4v) is 4.37. The molecule has 0 saturated heterocycles. The molecular weight excluding hydrogens is 502 g/mol. The van der Waals surface area contributed by atoms with Gasteiger partial charge in [0.2, 0.25) is 5.95 Å². The topological polar surface area (TPSA) is 129 Å². The first kappa shape index (κ1) is 26.7. The second kappa shape index (κ2) is 11.3. The Morgan fingerprint density at radius 1 is 0.947 bits per heavy atom. The van der Waals surface area contributed by atoms with Crippen molar-refractivity contribution in [2.24, 2.45) is 5.73 Å². The Kier molecular flexibility index (Phi) is 7.95. The smallest absolute Gasteiger partial charge is 0.320 e. The number of nitrogens with zero attached hydrogens (tertiary/aromatic N) is 3. The highest BCUT2D eigenvalue weighted by molar-refractivity contribution is 5.92. The van der Waals surface area contributed by atoms with E-state index in [1.54, 1.807) is 7.11 Å². The van der Waals surface area contributed by atoms with Gasteiger partial charge in [-0.2, -0.15) is 4.98 Å². The third-order valence-corrected chi connectivity index (χ3v) is 6.35. The van der Waals surface area contributed by atoms with Crippen LogP contribution in [0.15, 0.2) is 85.1 Å². The maximum Gasteiger partial charge on any atom is 0.320 e. The SMILES string of the molecule is COc1cccc(-c2ccc(Cn3ccc4c(-c5ccc(C[C@H](N)C(=O)O)cc5)nc(N)nc43)cc2)c1.Cl. The van der Waals surface area contributed by atoms with Crippen molar-refractivity contribution in [3.63, 3.8) is 0 Å². The molecule has 0 amide bonds. The lowest BCUT2D eigenvalue weighted by Crippen LogP contribution is -2.32. The Labute approximate surface area is 226 Å². The lowest BCUT2D eigenvalue weighted by Gasteiger charge is -2.10. The molecule has 194 valence electrons. The van der Waals surface area contributed by atoms with Crippen LogP contribution in [0.4, 0.5) is 5.95 Å². The number of ether oxygens (including phenoxy) is 1. The number of fused-ring (bicyclic) bond motifs is 1. The van der Waals surface area contributed by atoms with Gasteiger partial charge in [-0.15, -0.1) is 12.4 Å². The van der Waals surface area contributed by atoms with E-state index < -0.39 is 12.0 Å². The highest BCUT2D eigenvalue weighted by Gasteiger charge is 2.15. The number of rotatable bonds is 8. The minimum absolute atomic E-state index is 0. The van der Waals surface area contributed by atoms with Crippen LogP contribution in [0.25, 0.3) is 33.4 Å². The van der Waals surface area contributed by atoms with Gasteiger partial charge in [-0.3, -0.25) is 4.79 Å². The van der Waals surface area contributed by atoms with Gasteiger partial charge in [0.15, 0.2) is 0 Å². The first-order valence-corrected chi connectivity index (χ1v) is 11.8. The number of aliphatic carboxylic acids is 1. The molecule has 0 spiro atoms. The van der Waals surface area contributed by atoms with Gasteiger partial charge in [-0.05, 0) is 46.9 Å². The van der Waals surface area contributed by atoms with Gasteiger partial charge < -0.3 is 25.9 Å². The van der Waals surface area contributed by atoms with E-state index in [1.807, 2.05) is 54.7 Å². The summed E-state index contributed by atoms with van der Waals surface area (Å²) in [6, 6.07) is 25.0. The first-order chi connectivity index (χ1) is 17.9. The van der Waals surface area contributed by atoms with Crippen molar-refractivity contribution < 1.29 is 14.6 Å². The predicted molar refractivity (Wildman–Crippen MR) is 151 cm³/mol. The monoisotopic (exact) mass is 529 g/mol. The lowest BCUT2D eigenvalue weighted by molar-refractivity contribution is -0.138. The van der Waals surface area contributed by atoms with Crippen LogP contribution in [0.2, 0.25) is 0 Å². The molecule has 0 radical (unpaired) electrons. The zero-order valence-corrected chi connectivity index (χ0v) is 21.6. The molecule has 0 aliphatic heterocycles. The number of halogens is 1. The van der Waals surface area contributed by atoms with Gasteiger partial charge in [0.05, 0.1) is 12.8 Å². The van der Waals surface area contributed by atoms with Crippen LogP contribution in [-0.4, -0.2) is 38.8 Å². The molecule has 0 fully saturated rings. The average Bonchev–Trinajstić information content (AvgIpc) is 3.31. The fraction of sp³-hybridized carbons (Fsp3) is 0.138. The molecule has 9 heteroatoms. The molecule has 3 aromatic carbocycles. The Bertz CT molecular complexity index is 1570. The first-order valence-electron chi connectivity index (χ1n) is 11.8. The summed E-state index contributed by atoms with van der Waals surface area (Å²) in [6.45, 7) is 0.629. The summed E-state index contributed by atoms with van der Waals surface area (Å²) >= 11 is 0. The molecule has 0 saturated carbocycles. The summed E-state index contributed by atoms with van der Waals surface area (Å²) < 4.78 is 7.39. The normalized spacial score (nSPS) is 11.6. The molecular formula is C29H28ClN5O3. The van der Waals surface area contributed by atoms with Crippen molar-refractivity contribution in [2.75, 3.05) is 12.8 Å². The Morgan fingerprint density at radius 3 is 2.32 bits per heavy atom. The van der Waals surface area contributed by atoms with E-state index in [0.29, 0.717) is 6.54 Å². The molecule has 5 aromatic rings. The molecule has 2 aromatic heterocycles. The molecule has 1 atom stereocenters. The number of carboxylic acids is 1. The third-order valence-electron chi connectivity index (χ3n) is 6.35. The molecule has 0 aliphatic carbocycles. The van der Waals surface area contributed by atoms with Gasteiger partial charge >= 0.3 is 5.97 Å². The number of methoxy groups -OCH3 is 1. The number of benzene rings is 3. The minimum Gasteiger partial charge on any atom is -0.497 e. The maximum atomic E-state index is 11.1. The minimum atomic E-state index is -1.02. The molecule has 2 heterocycles. The van der Waals surface area contributed by atoms with Crippen LogP contribution < -0.4 is 16.2 Å². The van der Waals surface area contributed by atoms with Crippen molar-refractivity contribution >= 4 is 35.4 Å². The van der Waals surface area contributed by atoms with Gasteiger partial charge in [0.1, 0.15) is 17.4 Å². The number of anilines is 1. The third kappa shape index (κ3) is 5.61. The average molecular weight is 530 g/mol. The quantitative estimate of drug-likeness (QED) is 0.264. The predicted octanol–water partition coefficient (Wildman–Crippen LogP) is 4.78. The number of hydrogen-bond acceptors (Lipinski definition) is 6. The molecule has 38 heavy (non-hydrogen) atoms. The number of nitrogens with two attached hydrogens (primary N) is 2. The number of carbonyl (C=O) groups is 1. The summed E-state index contributed by atoms with van der Waals surface area (Å²) in [6.07, 6.45) is 2.24. The van der Waals surface area contributed by atoms with Gasteiger partial charge in [0.25, 0.3) is 0 Å². The Morgan fingerprint density at radius 2 is 1.63 bits per heavy atom. The lowest BCUT2D eigenvalue weighted by atomic mass is 10.0. The van der Waals surface area contributed by atoms with Crippen LogP contribution in [-0.2, 0) is 17.8 Å². The van der Waals surface area contributed by atoms with Crippen LogP contribution in [0.5, 0.6) is 5.75 Å².